The summed E-state index contributed by atoms with van der Waals surface area (Å²) in [6, 6.07) is 0. The molecule has 0 aliphatic heterocycles. The first kappa shape index (κ1) is 12.8. The third kappa shape index (κ3) is 3.34. The fourth-order valence-corrected chi connectivity index (χ4v) is 2.93. The van der Waals surface area contributed by atoms with Gasteiger partial charge in [0.25, 0.3) is 0 Å². The van der Waals surface area contributed by atoms with Crippen molar-refractivity contribution in [2.24, 2.45) is 17.3 Å². The largest absolute Gasteiger partial charge is 0.393 e. The number of allylic oxidation sites excluding steroid dienone is 2. The minimum atomic E-state index is -0.183. The first-order valence-corrected chi connectivity index (χ1v) is 6.19. The van der Waals surface area contributed by atoms with E-state index in [0.717, 1.165) is 18.8 Å². The second kappa shape index (κ2) is 4.69. The van der Waals surface area contributed by atoms with Crippen LogP contribution in [0.1, 0.15) is 53.9 Å². The molecule has 0 aromatic heterocycles. The molecule has 0 radical (unpaired) electrons. The molecular formula is C14H26O. The third-order valence-corrected chi connectivity index (χ3v) is 3.60. The molecule has 1 aliphatic carbocycles. The molecular weight excluding hydrogens is 184 g/mol. The van der Waals surface area contributed by atoms with Gasteiger partial charge in [0.2, 0.25) is 0 Å². The van der Waals surface area contributed by atoms with Crippen molar-refractivity contribution in [1.82, 2.24) is 0 Å². The van der Waals surface area contributed by atoms with Gasteiger partial charge in [-0.25, -0.2) is 0 Å². The maximum absolute atomic E-state index is 9.75. The van der Waals surface area contributed by atoms with Crippen LogP contribution in [0, 0.1) is 17.3 Å². The van der Waals surface area contributed by atoms with E-state index in [2.05, 4.69) is 33.8 Å². The van der Waals surface area contributed by atoms with Crippen LogP contribution in [0.4, 0.5) is 0 Å². The summed E-state index contributed by atoms with van der Waals surface area (Å²) in [7, 11) is 0. The summed E-state index contributed by atoms with van der Waals surface area (Å²) in [6.07, 6.45) is 5.60. The van der Waals surface area contributed by atoms with Crippen LogP contribution in [0.5, 0.6) is 0 Å². The van der Waals surface area contributed by atoms with Crippen LogP contribution in [0.15, 0.2) is 11.6 Å². The van der Waals surface area contributed by atoms with Crippen molar-refractivity contribution < 1.29 is 5.11 Å². The van der Waals surface area contributed by atoms with E-state index < -0.39 is 0 Å². The Hall–Kier alpha value is -0.300. The van der Waals surface area contributed by atoms with Gasteiger partial charge in [0.05, 0.1) is 6.10 Å². The monoisotopic (exact) mass is 210 g/mol. The van der Waals surface area contributed by atoms with Gasteiger partial charge in [-0.2, -0.15) is 0 Å². The molecule has 0 aromatic carbocycles. The first-order chi connectivity index (χ1) is 6.83. The molecule has 0 bridgehead atoms. The molecule has 1 nitrogen and oxygen atoms in total. The zero-order chi connectivity index (χ0) is 11.6. The standard InChI is InChI=1S/C14H26O/c1-10(2)8-12-6-7-13(11(3)15)14(4,5)9-12/h6,10-11,13,15H,7-9H2,1-5H3. The van der Waals surface area contributed by atoms with E-state index in [1.165, 1.54) is 6.42 Å². The maximum atomic E-state index is 9.75. The molecule has 0 heterocycles. The lowest BCUT2D eigenvalue weighted by molar-refractivity contribution is 0.0422. The van der Waals surface area contributed by atoms with E-state index in [0.29, 0.717) is 5.92 Å². The summed E-state index contributed by atoms with van der Waals surface area (Å²) in [6.45, 7) is 11.0. The number of hydrogen-bond acceptors (Lipinski definition) is 1. The summed E-state index contributed by atoms with van der Waals surface area (Å²) >= 11 is 0. The lowest BCUT2D eigenvalue weighted by Gasteiger charge is -2.40. The van der Waals surface area contributed by atoms with Crippen LogP contribution in [0.3, 0.4) is 0 Å². The number of aliphatic hydroxyl groups is 1. The first-order valence-electron chi connectivity index (χ1n) is 6.19. The van der Waals surface area contributed by atoms with Gasteiger partial charge in [-0.15, -0.1) is 0 Å². The van der Waals surface area contributed by atoms with Crippen molar-refractivity contribution in [3.63, 3.8) is 0 Å². The summed E-state index contributed by atoms with van der Waals surface area (Å²) in [5.41, 5.74) is 1.85. The maximum Gasteiger partial charge on any atom is 0.0548 e. The molecule has 2 atom stereocenters. The highest BCUT2D eigenvalue weighted by molar-refractivity contribution is 5.12. The zero-order valence-corrected chi connectivity index (χ0v) is 10.9. The van der Waals surface area contributed by atoms with Gasteiger partial charge >= 0.3 is 0 Å². The van der Waals surface area contributed by atoms with E-state index >= 15 is 0 Å². The van der Waals surface area contributed by atoms with Crippen molar-refractivity contribution >= 4 is 0 Å². The van der Waals surface area contributed by atoms with Crippen molar-refractivity contribution in [2.75, 3.05) is 0 Å². The van der Waals surface area contributed by atoms with Crippen molar-refractivity contribution in [3.05, 3.63) is 11.6 Å². The lowest BCUT2D eigenvalue weighted by atomic mass is 9.66. The van der Waals surface area contributed by atoms with Crippen molar-refractivity contribution in [1.29, 1.82) is 0 Å². The molecule has 1 aliphatic rings. The Morgan fingerprint density at radius 1 is 1.40 bits per heavy atom. The quantitative estimate of drug-likeness (QED) is 0.703. The highest BCUT2D eigenvalue weighted by Crippen LogP contribution is 2.43. The van der Waals surface area contributed by atoms with Gasteiger partial charge in [0.15, 0.2) is 0 Å². The molecule has 88 valence electrons. The number of rotatable bonds is 3. The summed E-state index contributed by atoms with van der Waals surface area (Å²) in [5, 5.41) is 9.75. The Labute approximate surface area is 94.6 Å². The van der Waals surface area contributed by atoms with E-state index in [1.807, 2.05) is 6.92 Å². The molecule has 1 heteroatoms. The van der Waals surface area contributed by atoms with Crippen molar-refractivity contribution in [3.8, 4) is 0 Å². The molecule has 15 heavy (non-hydrogen) atoms. The summed E-state index contributed by atoms with van der Waals surface area (Å²) in [4.78, 5) is 0. The highest BCUT2D eigenvalue weighted by atomic mass is 16.3. The van der Waals surface area contributed by atoms with Crippen LogP contribution in [0.2, 0.25) is 0 Å². The second-order valence-electron chi connectivity index (χ2n) is 6.21. The number of hydrogen-bond donors (Lipinski definition) is 1. The molecule has 1 N–H and O–H groups in total. The van der Waals surface area contributed by atoms with Gasteiger partial charge in [-0.05, 0) is 43.4 Å². The van der Waals surface area contributed by atoms with Gasteiger partial charge in [-0.3, -0.25) is 0 Å². The molecule has 2 unspecified atom stereocenters. The van der Waals surface area contributed by atoms with Gasteiger partial charge in [-0.1, -0.05) is 39.3 Å². The van der Waals surface area contributed by atoms with Gasteiger partial charge < -0.3 is 5.11 Å². The van der Waals surface area contributed by atoms with Crippen molar-refractivity contribution in [2.45, 2.75) is 60.0 Å². The van der Waals surface area contributed by atoms with E-state index in [1.54, 1.807) is 5.57 Å². The Kier molecular flexibility index (Phi) is 3.99. The van der Waals surface area contributed by atoms with Crippen LogP contribution >= 0.6 is 0 Å². The van der Waals surface area contributed by atoms with Gasteiger partial charge in [0.1, 0.15) is 0 Å². The van der Waals surface area contributed by atoms with Gasteiger partial charge in [0, 0.05) is 0 Å². The average molecular weight is 210 g/mol. The van der Waals surface area contributed by atoms with Crippen LogP contribution < -0.4 is 0 Å². The predicted octanol–water partition coefficient (Wildman–Crippen LogP) is 3.78. The second-order valence-corrected chi connectivity index (χ2v) is 6.21. The SMILES string of the molecule is CC(C)CC1=CCC(C(C)O)C(C)(C)C1. The van der Waals surface area contributed by atoms with E-state index in [9.17, 15) is 5.11 Å². The zero-order valence-electron chi connectivity index (χ0n) is 10.9. The topological polar surface area (TPSA) is 20.2 Å². The Morgan fingerprint density at radius 2 is 2.00 bits per heavy atom. The average Bonchev–Trinajstić information content (AvgIpc) is 1.99. The third-order valence-electron chi connectivity index (χ3n) is 3.60. The molecule has 1 rings (SSSR count). The predicted molar refractivity (Wildman–Crippen MR) is 65.7 cm³/mol. The molecule has 0 saturated heterocycles. The smallest absolute Gasteiger partial charge is 0.0548 e. The van der Waals surface area contributed by atoms with E-state index in [-0.39, 0.29) is 11.5 Å². The molecule has 0 spiro atoms. The Balaban J connectivity index is 2.70. The molecule has 0 saturated carbocycles. The Bertz CT molecular complexity index is 236. The molecule has 0 amide bonds. The minimum Gasteiger partial charge on any atom is -0.393 e. The minimum absolute atomic E-state index is 0.183. The lowest BCUT2D eigenvalue weighted by Crippen LogP contribution is -2.35. The highest BCUT2D eigenvalue weighted by Gasteiger charge is 2.35. The van der Waals surface area contributed by atoms with E-state index in [4.69, 9.17) is 0 Å². The van der Waals surface area contributed by atoms with Crippen LogP contribution in [-0.2, 0) is 0 Å². The number of aliphatic hydroxyl groups excluding tert-OH is 1. The fourth-order valence-electron chi connectivity index (χ4n) is 2.93. The fraction of sp³-hybridized carbons (Fsp3) is 0.857. The summed E-state index contributed by atoms with van der Waals surface area (Å²) < 4.78 is 0. The van der Waals surface area contributed by atoms with Crippen LogP contribution in [-0.4, -0.2) is 11.2 Å². The molecule has 0 aromatic rings. The molecule has 0 fully saturated rings. The normalized spacial score (nSPS) is 27.7. The summed E-state index contributed by atoms with van der Waals surface area (Å²) in [5.74, 6) is 1.17. The Morgan fingerprint density at radius 3 is 2.40 bits per heavy atom. The van der Waals surface area contributed by atoms with Crippen LogP contribution in [0.25, 0.3) is 0 Å².